The molecule has 0 bridgehead atoms. The largest absolute Gasteiger partial charge is 0.493 e. The van der Waals surface area contributed by atoms with Crippen LogP contribution in [0.1, 0.15) is 28.9 Å². The van der Waals surface area contributed by atoms with E-state index in [9.17, 15) is 9.59 Å². The zero-order valence-electron chi connectivity index (χ0n) is 16.5. The van der Waals surface area contributed by atoms with Crippen molar-refractivity contribution in [2.45, 2.75) is 12.8 Å². The molecule has 1 saturated heterocycles. The summed E-state index contributed by atoms with van der Waals surface area (Å²) >= 11 is 0. The summed E-state index contributed by atoms with van der Waals surface area (Å²) in [4.78, 5) is 30.9. The third-order valence-electron chi connectivity index (χ3n) is 4.84. The lowest BCUT2D eigenvalue weighted by Gasteiger charge is -2.31. The monoisotopic (exact) mass is 396 g/mol. The smallest absolute Gasteiger partial charge is 0.253 e. The van der Waals surface area contributed by atoms with E-state index in [1.807, 2.05) is 12.1 Å². The number of nitrogens with zero attached hydrogens (tertiary/aromatic N) is 3. The number of aromatic nitrogens is 1. The van der Waals surface area contributed by atoms with Gasteiger partial charge in [0.1, 0.15) is 0 Å². The van der Waals surface area contributed by atoms with Crippen molar-refractivity contribution >= 4 is 18.0 Å². The van der Waals surface area contributed by atoms with Crippen LogP contribution in [-0.2, 0) is 4.79 Å². The summed E-state index contributed by atoms with van der Waals surface area (Å²) in [5.41, 5.74) is 3.76. The summed E-state index contributed by atoms with van der Waals surface area (Å²) in [5.74, 6) is 0.683. The number of carbonyl (C=O) groups excluding carboxylic acids is 2. The van der Waals surface area contributed by atoms with Gasteiger partial charge in [-0.3, -0.25) is 14.6 Å². The van der Waals surface area contributed by atoms with Gasteiger partial charge in [-0.15, -0.1) is 0 Å². The van der Waals surface area contributed by atoms with Crippen LogP contribution < -0.4 is 14.9 Å². The van der Waals surface area contributed by atoms with E-state index in [4.69, 9.17) is 9.47 Å². The Labute approximate surface area is 169 Å². The fourth-order valence-electron chi connectivity index (χ4n) is 3.20. The van der Waals surface area contributed by atoms with Crippen molar-refractivity contribution < 1.29 is 19.1 Å². The SMILES string of the molecule is COc1ccc(C(=O)N2CCC(C(=O)N/N=C\c3ccccn3)CC2)cc1OC. The predicted octanol–water partition coefficient (Wildman–Crippen LogP) is 2.10. The van der Waals surface area contributed by atoms with Crippen molar-refractivity contribution in [3.05, 3.63) is 53.9 Å². The Bertz CT molecular complexity index is 878. The van der Waals surface area contributed by atoms with E-state index < -0.39 is 0 Å². The van der Waals surface area contributed by atoms with Crippen LogP contribution >= 0.6 is 0 Å². The predicted molar refractivity (Wildman–Crippen MR) is 108 cm³/mol. The third kappa shape index (κ3) is 5.10. The minimum Gasteiger partial charge on any atom is -0.493 e. The quantitative estimate of drug-likeness (QED) is 0.596. The number of carbonyl (C=O) groups is 2. The molecular formula is C21H24N4O4. The molecule has 1 aromatic heterocycles. The van der Waals surface area contributed by atoms with Crippen molar-refractivity contribution in [2.75, 3.05) is 27.3 Å². The number of ether oxygens (including phenoxy) is 2. The summed E-state index contributed by atoms with van der Waals surface area (Å²) in [6.45, 7) is 1.02. The minimum absolute atomic E-state index is 0.0852. The third-order valence-corrected chi connectivity index (χ3v) is 4.84. The molecule has 2 amide bonds. The van der Waals surface area contributed by atoms with Gasteiger partial charge in [0.05, 0.1) is 26.1 Å². The molecule has 0 radical (unpaired) electrons. The van der Waals surface area contributed by atoms with Gasteiger partial charge in [0.25, 0.3) is 5.91 Å². The Morgan fingerprint density at radius 3 is 2.55 bits per heavy atom. The maximum atomic E-state index is 12.8. The van der Waals surface area contributed by atoms with Gasteiger partial charge in [-0.05, 0) is 43.2 Å². The summed E-state index contributed by atoms with van der Waals surface area (Å²) in [5, 5.41) is 3.96. The molecule has 1 aliphatic heterocycles. The van der Waals surface area contributed by atoms with Gasteiger partial charge < -0.3 is 14.4 Å². The highest BCUT2D eigenvalue weighted by Crippen LogP contribution is 2.28. The zero-order valence-corrected chi connectivity index (χ0v) is 16.5. The second-order valence-electron chi connectivity index (χ2n) is 6.63. The zero-order chi connectivity index (χ0) is 20.6. The molecule has 29 heavy (non-hydrogen) atoms. The molecule has 0 spiro atoms. The molecule has 1 aromatic carbocycles. The Morgan fingerprint density at radius 1 is 1.14 bits per heavy atom. The van der Waals surface area contributed by atoms with E-state index >= 15 is 0 Å². The molecule has 8 nitrogen and oxygen atoms in total. The summed E-state index contributed by atoms with van der Waals surface area (Å²) in [7, 11) is 3.09. The second kappa shape index (κ2) is 9.68. The normalized spacial score (nSPS) is 14.6. The van der Waals surface area contributed by atoms with E-state index in [1.54, 1.807) is 42.5 Å². The molecule has 0 saturated carbocycles. The first-order chi connectivity index (χ1) is 14.1. The number of nitrogens with one attached hydrogen (secondary N) is 1. The standard InChI is InChI=1S/C21H24N4O4/c1-28-18-7-6-16(13-19(18)29-2)21(27)25-11-8-15(9-12-25)20(26)24-23-14-17-5-3-4-10-22-17/h3-7,10,13-15H,8-9,11-12H2,1-2H3,(H,24,26)/b23-14-. The maximum Gasteiger partial charge on any atom is 0.253 e. The van der Waals surface area contributed by atoms with E-state index in [1.165, 1.54) is 13.3 Å². The maximum absolute atomic E-state index is 12.8. The fraction of sp³-hybridized carbons (Fsp3) is 0.333. The number of amides is 2. The number of piperidine rings is 1. The van der Waals surface area contributed by atoms with Crippen LogP contribution in [0.25, 0.3) is 0 Å². The van der Waals surface area contributed by atoms with Crippen molar-refractivity contribution in [3.63, 3.8) is 0 Å². The van der Waals surface area contributed by atoms with Crippen LogP contribution in [0.2, 0.25) is 0 Å². The van der Waals surface area contributed by atoms with Gasteiger partial charge in [-0.25, -0.2) is 5.43 Å². The van der Waals surface area contributed by atoms with E-state index in [0.717, 1.165) is 0 Å². The van der Waals surface area contributed by atoms with Crippen LogP contribution in [0.5, 0.6) is 11.5 Å². The number of hydrazone groups is 1. The lowest BCUT2D eigenvalue weighted by Crippen LogP contribution is -2.42. The Balaban J connectivity index is 1.52. The summed E-state index contributed by atoms with van der Waals surface area (Å²) in [6.07, 6.45) is 4.34. The summed E-state index contributed by atoms with van der Waals surface area (Å²) in [6, 6.07) is 10.6. The summed E-state index contributed by atoms with van der Waals surface area (Å²) < 4.78 is 10.5. The molecule has 2 aromatic rings. The van der Waals surface area contributed by atoms with Gasteiger partial charge in [0.15, 0.2) is 11.5 Å². The van der Waals surface area contributed by atoms with E-state index in [0.29, 0.717) is 48.7 Å². The first-order valence-electron chi connectivity index (χ1n) is 9.37. The van der Waals surface area contributed by atoms with Crippen molar-refractivity contribution in [1.29, 1.82) is 0 Å². The highest BCUT2D eigenvalue weighted by Gasteiger charge is 2.28. The Kier molecular flexibility index (Phi) is 6.78. The Hall–Kier alpha value is -3.42. The second-order valence-corrected chi connectivity index (χ2v) is 6.63. The Morgan fingerprint density at radius 2 is 1.90 bits per heavy atom. The number of likely N-dealkylation sites (tertiary alicyclic amines) is 1. The van der Waals surface area contributed by atoms with Crippen molar-refractivity contribution in [3.8, 4) is 11.5 Å². The van der Waals surface area contributed by atoms with Gasteiger partial charge in [-0.1, -0.05) is 6.07 Å². The average Bonchev–Trinajstić information content (AvgIpc) is 2.78. The number of rotatable bonds is 6. The van der Waals surface area contributed by atoms with Gasteiger partial charge in [-0.2, -0.15) is 5.10 Å². The first kappa shape index (κ1) is 20.3. The molecule has 1 fully saturated rings. The van der Waals surface area contributed by atoms with Crippen molar-refractivity contribution in [1.82, 2.24) is 15.3 Å². The van der Waals surface area contributed by atoms with Crippen LogP contribution in [0, 0.1) is 5.92 Å². The molecule has 0 aliphatic carbocycles. The van der Waals surface area contributed by atoms with Crippen molar-refractivity contribution in [2.24, 2.45) is 11.0 Å². The highest BCUT2D eigenvalue weighted by molar-refractivity contribution is 5.95. The van der Waals surface area contributed by atoms with Gasteiger partial charge in [0.2, 0.25) is 5.91 Å². The topological polar surface area (TPSA) is 93.1 Å². The average molecular weight is 396 g/mol. The number of methoxy groups -OCH3 is 2. The lowest BCUT2D eigenvalue weighted by molar-refractivity contribution is -0.126. The molecule has 8 heteroatoms. The molecule has 2 heterocycles. The molecule has 0 unspecified atom stereocenters. The van der Waals surface area contributed by atoms with E-state index in [-0.39, 0.29) is 17.7 Å². The van der Waals surface area contributed by atoms with Crippen LogP contribution in [-0.4, -0.2) is 55.2 Å². The fourth-order valence-corrected chi connectivity index (χ4v) is 3.20. The number of hydrogen-bond acceptors (Lipinski definition) is 6. The molecule has 0 atom stereocenters. The molecular weight excluding hydrogens is 372 g/mol. The molecule has 1 N–H and O–H groups in total. The highest BCUT2D eigenvalue weighted by atomic mass is 16.5. The molecule has 3 rings (SSSR count). The van der Waals surface area contributed by atoms with Gasteiger partial charge >= 0.3 is 0 Å². The minimum atomic E-state index is -0.176. The van der Waals surface area contributed by atoms with Gasteiger partial charge in [0, 0.05) is 30.8 Å². The van der Waals surface area contributed by atoms with Crippen LogP contribution in [0.15, 0.2) is 47.7 Å². The van der Waals surface area contributed by atoms with E-state index in [2.05, 4.69) is 15.5 Å². The number of pyridine rings is 1. The number of benzene rings is 1. The van der Waals surface area contributed by atoms with Crippen LogP contribution in [0.4, 0.5) is 0 Å². The molecule has 1 aliphatic rings. The first-order valence-corrected chi connectivity index (χ1v) is 9.37. The van der Waals surface area contributed by atoms with Crippen LogP contribution in [0.3, 0.4) is 0 Å². The number of hydrogen-bond donors (Lipinski definition) is 1. The molecule has 152 valence electrons. The lowest BCUT2D eigenvalue weighted by atomic mass is 9.95.